The normalized spacial score (nSPS) is 16.1. The summed E-state index contributed by atoms with van der Waals surface area (Å²) in [4.78, 5) is 22.9. The van der Waals surface area contributed by atoms with Crippen LogP contribution in [-0.4, -0.2) is 47.0 Å². The summed E-state index contributed by atoms with van der Waals surface area (Å²) in [6.07, 6.45) is -6.37. The number of hydrogen-bond donors (Lipinski definition) is 1. The van der Waals surface area contributed by atoms with Crippen LogP contribution in [-0.2, 0) is 19.1 Å². The number of carbonyl (C=O) groups is 2. The van der Waals surface area contributed by atoms with Gasteiger partial charge in [0.15, 0.2) is 0 Å². The maximum absolute atomic E-state index is 13.4. The van der Waals surface area contributed by atoms with Crippen molar-refractivity contribution >= 4 is 11.9 Å². The maximum Gasteiger partial charge on any atom is 0.457 e. The number of carbonyl (C=O) groups excluding carboxylic acids is 2. The van der Waals surface area contributed by atoms with Crippen molar-refractivity contribution in [1.29, 1.82) is 0 Å². The minimum Gasteiger partial charge on any atom is -0.463 e. The Kier molecular flexibility index (Phi) is 5.34. The highest BCUT2D eigenvalue weighted by molar-refractivity contribution is 6.05. The lowest BCUT2D eigenvalue weighted by Gasteiger charge is -2.34. The molecule has 5 nitrogen and oxygen atoms in total. The molecule has 1 atom stereocenters. The van der Waals surface area contributed by atoms with Crippen LogP contribution in [0, 0.1) is 0 Å². The predicted octanol–water partition coefficient (Wildman–Crippen LogP) is 1.82. The summed E-state index contributed by atoms with van der Waals surface area (Å²) in [5.74, 6) is -11.0. The Labute approximate surface area is 117 Å². The Morgan fingerprint density at radius 1 is 1.00 bits per heavy atom. The van der Waals surface area contributed by atoms with Crippen molar-refractivity contribution in [3.63, 3.8) is 0 Å². The standard InChI is InChI=1S/C11H15F5O5/c1-5-20-6(17)9(19,7(18)21-8(2,3)4)10(12,13)11(14,15)16/h19H,5H2,1-4H3. The van der Waals surface area contributed by atoms with E-state index in [-0.39, 0.29) is 0 Å². The van der Waals surface area contributed by atoms with Gasteiger partial charge in [0, 0.05) is 0 Å². The number of aliphatic hydroxyl groups is 1. The van der Waals surface area contributed by atoms with Crippen molar-refractivity contribution in [3.8, 4) is 0 Å². The van der Waals surface area contributed by atoms with Gasteiger partial charge < -0.3 is 14.6 Å². The van der Waals surface area contributed by atoms with Gasteiger partial charge in [-0.05, 0) is 27.7 Å². The first-order valence-electron chi connectivity index (χ1n) is 5.68. The second-order valence-electron chi connectivity index (χ2n) is 5.00. The molecule has 0 rings (SSSR count). The van der Waals surface area contributed by atoms with E-state index in [2.05, 4.69) is 9.47 Å². The Morgan fingerprint density at radius 3 is 1.71 bits per heavy atom. The SMILES string of the molecule is CCOC(=O)C(O)(C(=O)OC(C)(C)C)C(F)(F)C(F)(F)F. The van der Waals surface area contributed by atoms with E-state index in [1.165, 1.54) is 0 Å². The van der Waals surface area contributed by atoms with Gasteiger partial charge >= 0.3 is 29.6 Å². The minimum atomic E-state index is -6.37. The lowest BCUT2D eigenvalue weighted by molar-refractivity contribution is -0.334. The lowest BCUT2D eigenvalue weighted by Crippen LogP contribution is -2.67. The molecule has 0 amide bonds. The van der Waals surface area contributed by atoms with Crippen molar-refractivity contribution in [2.24, 2.45) is 0 Å². The lowest BCUT2D eigenvalue weighted by atomic mass is 9.94. The zero-order valence-electron chi connectivity index (χ0n) is 11.7. The molecule has 0 aliphatic carbocycles. The fraction of sp³-hybridized carbons (Fsp3) is 0.818. The molecule has 0 heterocycles. The second kappa shape index (κ2) is 5.74. The Bertz CT molecular complexity index is 412. The van der Waals surface area contributed by atoms with Crippen molar-refractivity contribution in [2.75, 3.05) is 6.61 Å². The Morgan fingerprint density at radius 2 is 1.43 bits per heavy atom. The van der Waals surface area contributed by atoms with Crippen LogP contribution < -0.4 is 0 Å². The van der Waals surface area contributed by atoms with Crippen molar-refractivity contribution in [3.05, 3.63) is 0 Å². The molecule has 0 fully saturated rings. The molecule has 10 heteroatoms. The van der Waals surface area contributed by atoms with E-state index < -0.39 is 41.8 Å². The quantitative estimate of drug-likeness (QED) is 0.485. The number of esters is 2. The van der Waals surface area contributed by atoms with Gasteiger partial charge in [0.25, 0.3) is 0 Å². The number of ether oxygens (including phenoxy) is 2. The summed E-state index contributed by atoms with van der Waals surface area (Å²) in [5.41, 5.74) is -6.34. The summed E-state index contributed by atoms with van der Waals surface area (Å²) in [6, 6.07) is 0. The van der Waals surface area contributed by atoms with Gasteiger partial charge in [0.05, 0.1) is 6.61 Å². The fourth-order valence-electron chi connectivity index (χ4n) is 1.13. The molecule has 0 aromatic heterocycles. The fourth-order valence-corrected chi connectivity index (χ4v) is 1.13. The van der Waals surface area contributed by atoms with E-state index in [1.807, 2.05) is 0 Å². The molecular formula is C11H15F5O5. The summed E-state index contributed by atoms with van der Waals surface area (Å²) in [6.45, 7) is 3.93. The van der Waals surface area contributed by atoms with Gasteiger partial charge in [0.1, 0.15) is 5.60 Å². The number of hydrogen-bond acceptors (Lipinski definition) is 5. The van der Waals surface area contributed by atoms with Crippen LogP contribution in [0.5, 0.6) is 0 Å². The smallest absolute Gasteiger partial charge is 0.457 e. The van der Waals surface area contributed by atoms with E-state index in [9.17, 15) is 36.6 Å². The maximum atomic E-state index is 13.4. The number of halogens is 5. The van der Waals surface area contributed by atoms with Crippen LogP contribution in [0.1, 0.15) is 27.7 Å². The molecule has 0 aliphatic heterocycles. The average molecular weight is 322 g/mol. The zero-order valence-corrected chi connectivity index (χ0v) is 11.7. The third kappa shape index (κ3) is 3.80. The van der Waals surface area contributed by atoms with Gasteiger partial charge in [-0.3, -0.25) is 0 Å². The van der Waals surface area contributed by atoms with E-state index in [4.69, 9.17) is 0 Å². The summed E-state index contributed by atoms with van der Waals surface area (Å²) >= 11 is 0. The van der Waals surface area contributed by atoms with Crippen molar-refractivity contribution in [1.82, 2.24) is 0 Å². The molecule has 0 radical (unpaired) electrons. The minimum absolute atomic E-state index is 0.627. The van der Waals surface area contributed by atoms with Crippen LogP contribution in [0.15, 0.2) is 0 Å². The van der Waals surface area contributed by atoms with E-state index in [0.717, 1.165) is 27.7 Å². The first-order chi connectivity index (χ1) is 9.11. The second-order valence-corrected chi connectivity index (χ2v) is 5.00. The average Bonchev–Trinajstić information content (AvgIpc) is 2.23. The van der Waals surface area contributed by atoms with Crippen molar-refractivity contribution < 1.29 is 46.1 Å². The highest BCUT2D eigenvalue weighted by Gasteiger charge is 2.78. The monoisotopic (exact) mass is 322 g/mol. The number of rotatable bonds is 4. The molecule has 0 aromatic carbocycles. The number of alkyl halides is 5. The Balaban J connectivity index is 5.93. The van der Waals surface area contributed by atoms with E-state index in [0.29, 0.717) is 0 Å². The molecule has 0 saturated carbocycles. The Hall–Kier alpha value is -1.45. The van der Waals surface area contributed by atoms with Crippen LogP contribution in [0.2, 0.25) is 0 Å². The van der Waals surface area contributed by atoms with Crippen molar-refractivity contribution in [2.45, 2.75) is 51.0 Å². The molecular weight excluding hydrogens is 307 g/mol. The largest absolute Gasteiger partial charge is 0.463 e. The van der Waals surface area contributed by atoms with Gasteiger partial charge in [-0.2, -0.15) is 22.0 Å². The predicted molar refractivity (Wildman–Crippen MR) is 58.4 cm³/mol. The van der Waals surface area contributed by atoms with E-state index in [1.54, 1.807) is 0 Å². The highest BCUT2D eigenvalue weighted by Crippen LogP contribution is 2.45. The van der Waals surface area contributed by atoms with Gasteiger partial charge in [0.2, 0.25) is 0 Å². The molecule has 1 N–H and O–H groups in total. The molecule has 0 spiro atoms. The molecule has 0 saturated heterocycles. The molecule has 0 aliphatic rings. The summed E-state index contributed by atoms with van der Waals surface area (Å²) in [7, 11) is 0. The molecule has 1 unspecified atom stereocenters. The first kappa shape index (κ1) is 19.6. The third-order valence-corrected chi connectivity index (χ3v) is 2.08. The van der Waals surface area contributed by atoms with Gasteiger partial charge in [-0.15, -0.1) is 0 Å². The topological polar surface area (TPSA) is 72.8 Å². The van der Waals surface area contributed by atoms with Crippen LogP contribution in [0.25, 0.3) is 0 Å². The summed E-state index contributed by atoms with van der Waals surface area (Å²) < 4.78 is 72.2. The van der Waals surface area contributed by atoms with Crippen LogP contribution >= 0.6 is 0 Å². The molecule has 124 valence electrons. The molecule has 0 aromatic rings. The van der Waals surface area contributed by atoms with E-state index >= 15 is 0 Å². The first-order valence-corrected chi connectivity index (χ1v) is 5.68. The zero-order chi connectivity index (χ0) is 17.3. The van der Waals surface area contributed by atoms with Gasteiger partial charge in [-0.25, -0.2) is 9.59 Å². The molecule has 21 heavy (non-hydrogen) atoms. The molecule has 0 bridgehead atoms. The third-order valence-electron chi connectivity index (χ3n) is 2.08. The van der Waals surface area contributed by atoms with Gasteiger partial charge in [-0.1, -0.05) is 0 Å². The highest BCUT2D eigenvalue weighted by atomic mass is 19.4. The summed E-state index contributed by atoms with van der Waals surface area (Å²) in [5, 5.41) is 9.49. The van der Waals surface area contributed by atoms with Crippen LogP contribution in [0.4, 0.5) is 22.0 Å². The van der Waals surface area contributed by atoms with Crippen LogP contribution in [0.3, 0.4) is 0 Å².